The van der Waals surface area contributed by atoms with Crippen molar-refractivity contribution in [3.05, 3.63) is 59.9 Å². The Morgan fingerprint density at radius 2 is 2.04 bits per heavy atom. The first-order chi connectivity index (χ1) is 11.5. The summed E-state index contributed by atoms with van der Waals surface area (Å²) in [5.74, 6) is 1.10. The summed E-state index contributed by atoms with van der Waals surface area (Å²) in [7, 11) is 0. The highest BCUT2D eigenvalue weighted by Gasteiger charge is 2.28. The number of aromatic nitrogens is 2. The molecule has 0 saturated heterocycles. The summed E-state index contributed by atoms with van der Waals surface area (Å²) in [6.45, 7) is 3.33. The molecule has 0 aliphatic rings. The lowest BCUT2D eigenvalue weighted by molar-refractivity contribution is 0.0322. The van der Waals surface area contributed by atoms with Gasteiger partial charge in [-0.3, -0.25) is 9.78 Å². The Morgan fingerprint density at radius 1 is 1.29 bits per heavy atom. The second kappa shape index (κ2) is 6.29. The number of carbonyl (C=O) groups is 1. The smallest absolute Gasteiger partial charge is 0.273 e. The zero-order valence-corrected chi connectivity index (χ0v) is 13.3. The summed E-state index contributed by atoms with van der Waals surface area (Å²) in [6.07, 6.45) is 3.25. The molecule has 0 aliphatic carbocycles. The first kappa shape index (κ1) is 15.9. The molecule has 0 fully saturated rings. The van der Waals surface area contributed by atoms with Gasteiger partial charge in [0.05, 0.1) is 6.54 Å². The molecule has 3 aromatic rings. The maximum atomic E-state index is 12.2. The molecule has 7 nitrogen and oxygen atoms in total. The molecule has 1 unspecified atom stereocenters. The van der Waals surface area contributed by atoms with Crippen LogP contribution in [0.15, 0.2) is 51.7 Å². The number of rotatable bonds is 5. The van der Waals surface area contributed by atoms with Crippen molar-refractivity contribution in [2.24, 2.45) is 0 Å². The number of pyridine rings is 1. The number of nitrogens with zero attached hydrogens (tertiary/aromatic N) is 2. The van der Waals surface area contributed by atoms with Crippen molar-refractivity contribution in [3.63, 3.8) is 0 Å². The lowest BCUT2D eigenvalue weighted by atomic mass is 10.0. The van der Waals surface area contributed by atoms with Crippen LogP contribution in [0, 0.1) is 6.92 Å². The van der Waals surface area contributed by atoms with Crippen LogP contribution in [-0.4, -0.2) is 27.7 Å². The number of furan rings is 1. The summed E-state index contributed by atoms with van der Waals surface area (Å²) in [5.41, 5.74) is -0.412. The van der Waals surface area contributed by atoms with Gasteiger partial charge in [-0.2, -0.15) is 0 Å². The van der Waals surface area contributed by atoms with Crippen LogP contribution in [0.2, 0.25) is 0 Å². The summed E-state index contributed by atoms with van der Waals surface area (Å²) < 4.78 is 10.6. The Morgan fingerprint density at radius 3 is 2.71 bits per heavy atom. The van der Waals surface area contributed by atoms with Gasteiger partial charge >= 0.3 is 0 Å². The molecule has 0 radical (unpaired) electrons. The average Bonchev–Trinajstić information content (AvgIpc) is 3.23. The maximum Gasteiger partial charge on any atom is 0.273 e. The largest absolute Gasteiger partial charge is 0.463 e. The normalized spacial score (nSPS) is 13.5. The molecule has 24 heavy (non-hydrogen) atoms. The molecule has 0 spiro atoms. The van der Waals surface area contributed by atoms with Gasteiger partial charge in [-0.05, 0) is 38.1 Å². The predicted molar refractivity (Wildman–Crippen MR) is 85.1 cm³/mol. The molecular formula is C17H17N3O4. The molecule has 0 aliphatic heterocycles. The fraction of sp³-hybridized carbons (Fsp3) is 0.235. The van der Waals surface area contributed by atoms with Gasteiger partial charge in [0.1, 0.15) is 17.1 Å². The minimum absolute atomic E-state index is 0.0176. The lowest BCUT2D eigenvalue weighted by Gasteiger charge is -2.20. The fourth-order valence-electron chi connectivity index (χ4n) is 2.19. The van der Waals surface area contributed by atoms with E-state index in [1.54, 1.807) is 50.5 Å². The lowest BCUT2D eigenvalue weighted by Crippen LogP contribution is -2.38. The van der Waals surface area contributed by atoms with Crippen molar-refractivity contribution in [2.75, 3.05) is 6.54 Å². The number of amides is 1. The van der Waals surface area contributed by atoms with E-state index >= 15 is 0 Å². The van der Waals surface area contributed by atoms with E-state index < -0.39 is 11.5 Å². The molecule has 1 atom stereocenters. The third-order valence-electron chi connectivity index (χ3n) is 3.57. The number of hydrogen-bond acceptors (Lipinski definition) is 6. The van der Waals surface area contributed by atoms with E-state index in [1.165, 1.54) is 6.07 Å². The van der Waals surface area contributed by atoms with E-state index in [2.05, 4.69) is 15.5 Å². The van der Waals surface area contributed by atoms with Gasteiger partial charge in [0.25, 0.3) is 5.91 Å². The van der Waals surface area contributed by atoms with Gasteiger partial charge < -0.3 is 19.4 Å². The van der Waals surface area contributed by atoms with E-state index in [-0.39, 0.29) is 12.2 Å². The molecule has 3 aromatic heterocycles. The molecular weight excluding hydrogens is 310 g/mol. The summed E-state index contributed by atoms with van der Waals surface area (Å²) in [4.78, 5) is 16.1. The highest BCUT2D eigenvalue weighted by Crippen LogP contribution is 2.22. The second-order valence-electron chi connectivity index (χ2n) is 5.68. The molecule has 0 aromatic carbocycles. The van der Waals surface area contributed by atoms with Gasteiger partial charge in [0.2, 0.25) is 0 Å². The minimum atomic E-state index is -1.32. The van der Waals surface area contributed by atoms with E-state index in [1.807, 2.05) is 0 Å². The van der Waals surface area contributed by atoms with Gasteiger partial charge in [-0.15, -0.1) is 0 Å². The zero-order chi connectivity index (χ0) is 17.2. The number of nitrogens with one attached hydrogen (secondary N) is 1. The first-order valence-corrected chi connectivity index (χ1v) is 7.40. The van der Waals surface area contributed by atoms with Crippen molar-refractivity contribution < 1.29 is 18.8 Å². The van der Waals surface area contributed by atoms with E-state index in [0.717, 1.165) is 5.56 Å². The topological polar surface area (TPSA) is 101 Å². The van der Waals surface area contributed by atoms with E-state index in [9.17, 15) is 9.90 Å². The van der Waals surface area contributed by atoms with Crippen molar-refractivity contribution in [1.82, 2.24) is 15.5 Å². The third kappa shape index (κ3) is 3.36. The molecule has 2 N–H and O–H groups in total. The summed E-state index contributed by atoms with van der Waals surface area (Å²) >= 11 is 0. The molecule has 3 rings (SSSR count). The number of carbonyl (C=O) groups excluding carboxylic acids is 1. The van der Waals surface area contributed by atoms with E-state index in [0.29, 0.717) is 17.3 Å². The predicted octanol–water partition coefficient (Wildman–Crippen LogP) is 2.28. The van der Waals surface area contributed by atoms with Gasteiger partial charge in [0.15, 0.2) is 11.5 Å². The first-order valence-electron chi connectivity index (χ1n) is 7.40. The van der Waals surface area contributed by atoms with Crippen LogP contribution in [0.4, 0.5) is 0 Å². The summed E-state index contributed by atoms with van der Waals surface area (Å²) in [6, 6.07) is 8.48. The average molecular weight is 327 g/mol. The Kier molecular flexibility index (Phi) is 4.18. The van der Waals surface area contributed by atoms with Crippen LogP contribution < -0.4 is 5.32 Å². The SMILES string of the molecule is Cc1ccc(C(C)(O)CNC(=O)c2cc(-c3ccncc3)on2)o1. The van der Waals surface area contributed by atoms with Crippen molar-refractivity contribution in [3.8, 4) is 11.3 Å². The number of aliphatic hydroxyl groups is 1. The molecule has 0 saturated carbocycles. The number of hydrogen-bond donors (Lipinski definition) is 2. The highest BCUT2D eigenvalue weighted by molar-refractivity contribution is 5.93. The quantitative estimate of drug-likeness (QED) is 0.745. The standard InChI is InChI=1S/C17H17N3O4/c1-11-3-4-15(23-11)17(2,22)10-19-16(21)13-9-14(24-20-13)12-5-7-18-8-6-12/h3-9,22H,10H2,1-2H3,(H,19,21). The van der Waals surface area contributed by atoms with Crippen LogP contribution in [0.25, 0.3) is 11.3 Å². The monoisotopic (exact) mass is 327 g/mol. The van der Waals surface area contributed by atoms with E-state index in [4.69, 9.17) is 8.94 Å². The van der Waals surface area contributed by atoms with Crippen molar-refractivity contribution in [1.29, 1.82) is 0 Å². The zero-order valence-electron chi connectivity index (χ0n) is 13.3. The van der Waals surface area contributed by atoms with Crippen LogP contribution in [0.1, 0.15) is 28.9 Å². The Labute approximate surface area is 138 Å². The highest BCUT2D eigenvalue weighted by atomic mass is 16.5. The molecule has 124 valence electrons. The maximum absolute atomic E-state index is 12.2. The second-order valence-corrected chi connectivity index (χ2v) is 5.68. The van der Waals surface area contributed by atoms with Crippen LogP contribution in [0.5, 0.6) is 0 Å². The molecule has 7 heteroatoms. The van der Waals surface area contributed by atoms with Crippen LogP contribution >= 0.6 is 0 Å². The van der Waals surface area contributed by atoms with Gasteiger partial charge in [-0.25, -0.2) is 0 Å². The van der Waals surface area contributed by atoms with Crippen molar-refractivity contribution >= 4 is 5.91 Å². The minimum Gasteiger partial charge on any atom is -0.463 e. The Hall–Kier alpha value is -2.93. The Balaban J connectivity index is 1.66. The Bertz CT molecular complexity index is 836. The third-order valence-corrected chi connectivity index (χ3v) is 3.57. The summed E-state index contributed by atoms with van der Waals surface area (Å²) in [5, 5.41) is 16.8. The molecule has 1 amide bonds. The fourth-order valence-corrected chi connectivity index (χ4v) is 2.19. The van der Waals surface area contributed by atoms with Crippen LogP contribution in [-0.2, 0) is 5.60 Å². The molecule has 3 heterocycles. The van der Waals surface area contributed by atoms with Gasteiger partial charge in [0, 0.05) is 24.0 Å². The van der Waals surface area contributed by atoms with Crippen molar-refractivity contribution in [2.45, 2.75) is 19.4 Å². The molecule has 0 bridgehead atoms. The number of aryl methyl sites for hydroxylation is 1. The van der Waals surface area contributed by atoms with Gasteiger partial charge in [-0.1, -0.05) is 5.16 Å². The van der Waals surface area contributed by atoms with Crippen LogP contribution in [0.3, 0.4) is 0 Å².